The number of rotatable bonds is 6. The van der Waals surface area contributed by atoms with Crippen LogP contribution in [0.3, 0.4) is 0 Å². The van der Waals surface area contributed by atoms with E-state index in [2.05, 4.69) is 11.8 Å². The van der Waals surface area contributed by atoms with Gasteiger partial charge in [-0.2, -0.15) is 0 Å². The van der Waals surface area contributed by atoms with Crippen molar-refractivity contribution in [2.24, 2.45) is 5.92 Å². The molecule has 0 saturated carbocycles. The van der Waals surface area contributed by atoms with Gasteiger partial charge in [0.05, 0.1) is 11.5 Å². The molecular weight excluding hydrogens is 441 g/mol. The molecule has 1 heterocycles. The van der Waals surface area contributed by atoms with Crippen molar-refractivity contribution in [1.82, 2.24) is 4.90 Å². The number of halogens is 3. The average Bonchev–Trinajstić information content (AvgIpc) is 2.73. The van der Waals surface area contributed by atoms with Gasteiger partial charge in [-0.05, 0) is 54.4 Å². The fourth-order valence-corrected chi connectivity index (χ4v) is 3.78. The van der Waals surface area contributed by atoms with E-state index < -0.39 is 11.5 Å². The maximum atomic E-state index is 13.0. The van der Waals surface area contributed by atoms with Crippen molar-refractivity contribution in [3.63, 3.8) is 0 Å². The maximum Gasteiger partial charge on any atom is 0.163 e. The number of carbonyl (C=O) groups is 1. The maximum absolute atomic E-state index is 13.0. The molecule has 0 radical (unpaired) electrons. The minimum Gasteiger partial charge on any atom is -0.385 e. The standard InChI is InChI=1S/C24H25Cl2NO2.ClH/c1-2-27-16-15-24(29,14-13-19-5-10-21(26)11-6-19)22(17-27)23(28)12-7-18-3-8-20(25)9-4-18;/h3-14,22,29H,2,15-17H2,1H3;1H/b12-7+,14-13+;/t22-,24-;/m0./s1. The second-order valence-corrected chi connectivity index (χ2v) is 8.23. The van der Waals surface area contributed by atoms with Crippen molar-refractivity contribution in [1.29, 1.82) is 0 Å². The molecule has 0 bridgehead atoms. The Kier molecular flexibility index (Phi) is 9.14. The molecule has 30 heavy (non-hydrogen) atoms. The Bertz CT molecular complexity index is 894. The van der Waals surface area contributed by atoms with Crippen molar-refractivity contribution in [2.45, 2.75) is 18.9 Å². The smallest absolute Gasteiger partial charge is 0.163 e. The molecule has 0 unspecified atom stereocenters. The number of aliphatic hydroxyl groups is 1. The Morgan fingerprint density at radius 1 is 1.07 bits per heavy atom. The van der Waals surface area contributed by atoms with Crippen molar-refractivity contribution in [3.05, 3.63) is 81.9 Å². The van der Waals surface area contributed by atoms with Gasteiger partial charge in [0.1, 0.15) is 0 Å². The van der Waals surface area contributed by atoms with E-state index in [1.54, 1.807) is 30.4 Å². The second kappa shape index (κ2) is 11.1. The van der Waals surface area contributed by atoms with E-state index in [-0.39, 0.29) is 18.2 Å². The highest BCUT2D eigenvalue weighted by Gasteiger charge is 2.42. The van der Waals surface area contributed by atoms with Crippen LogP contribution < -0.4 is 0 Å². The highest BCUT2D eigenvalue weighted by Crippen LogP contribution is 2.31. The van der Waals surface area contributed by atoms with Gasteiger partial charge in [0.15, 0.2) is 5.78 Å². The summed E-state index contributed by atoms with van der Waals surface area (Å²) >= 11 is 11.9. The molecule has 0 amide bonds. The predicted octanol–water partition coefficient (Wildman–Crippen LogP) is 5.78. The lowest BCUT2D eigenvalue weighted by Gasteiger charge is -2.41. The van der Waals surface area contributed by atoms with Crippen molar-refractivity contribution >= 4 is 53.5 Å². The monoisotopic (exact) mass is 465 g/mol. The van der Waals surface area contributed by atoms with E-state index in [1.165, 1.54) is 0 Å². The number of hydrogen-bond donors (Lipinski definition) is 1. The lowest BCUT2D eigenvalue weighted by atomic mass is 9.77. The van der Waals surface area contributed by atoms with Gasteiger partial charge in [-0.3, -0.25) is 4.79 Å². The Labute approximate surface area is 194 Å². The average molecular weight is 467 g/mol. The molecule has 6 heteroatoms. The topological polar surface area (TPSA) is 40.5 Å². The molecule has 2 aromatic carbocycles. The molecule has 160 valence electrons. The Balaban J connectivity index is 0.00000320. The molecule has 1 aliphatic rings. The molecule has 3 nitrogen and oxygen atoms in total. The fourth-order valence-electron chi connectivity index (χ4n) is 3.52. The largest absolute Gasteiger partial charge is 0.385 e. The van der Waals surface area contributed by atoms with Crippen LogP contribution in [0.4, 0.5) is 0 Å². The number of nitrogens with zero attached hydrogens (tertiary/aromatic N) is 1. The Morgan fingerprint density at radius 3 is 2.13 bits per heavy atom. The van der Waals surface area contributed by atoms with Gasteiger partial charge in [0, 0.05) is 23.1 Å². The van der Waals surface area contributed by atoms with Crippen LogP contribution in [-0.2, 0) is 4.79 Å². The van der Waals surface area contributed by atoms with Crippen LogP contribution in [0.1, 0.15) is 24.5 Å². The number of ketones is 1. The number of likely N-dealkylation sites (tertiary alicyclic amines) is 1. The second-order valence-electron chi connectivity index (χ2n) is 7.36. The van der Waals surface area contributed by atoms with Crippen molar-refractivity contribution in [3.8, 4) is 0 Å². The van der Waals surface area contributed by atoms with Gasteiger partial charge in [-0.15, -0.1) is 12.4 Å². The lowest BCUT2D eigenvalue weighted by molar-refractivity contribution is -0.129. The highest BCUT2D eigenvalue weighted by molar-refractivity contribution is 6.30. The van der Waals surface area contributed by atoms with Gasteiger partial charge in [-0.1, -0.05) is 72.6 Å². The quantitative estimate of drug-likeness (QED) is 0.548. The first-order chi connectivity index (χ1) is 13.9. The SMILES string of the molecule is CCN1CC[C@@](O)(/C=C/c2ccc(Cl)cc2)[C@H](C(=O)/C=C/c2ccc(Cl)cc2)C1.Cl. The zero-order valence-corrected chi connectivity index (χ0v) is 19.1. The van der Waals surface area contributed by atoms with Crippen LogP contribution in [0.2, 0.25) is 10.0 Å². The molecule has 3 rings (SSSR count). The molecule has 0 aliphatic carbocycles. The normalized spacial score (nSPS) is 22.3. The van der Waals surface area contributed by atoms with E-state index in [0.717, 1.165) is 24.2 Å². The van der Waals surface area contributed by atoms with Crippen LogP contribution in [0, 0.1) is 5.92 Å². The zero-order chi connectivity index (χ0) is 20.9. The van der Waals surface area contributed by atoms with Crippen LogP contribution in [-0.4, -0.2) is 41.0 Å². The first-order valence-corrected chi connectivity index (χ1v) is 10.5. The molecule has 0 spiro atoms. The molecule has 1 fully saturated rings. The predicted molar refractivity (Wildman–Crippen MR) is 128 cm³/mol. The third-order valence-corrected chi connectivity index (χ3v) is 5.91. The first kappa shape index (κ1) is 24.6. The molecular formula is C24H26Cl3NO2. The highest BCUT2D eigenvalue weighted by atomic mass is 35.5. The minimum absolute atomic E-state index is 0. The number of hydrogen-bond acceptors (Lipinski definition) is 3. The number of carbonyl (C=O) groups excluding carboxylic acids is 1. The minimum atomic E-state index is -1.19. The Hall–Kier alpha value is -1.62. The van der Waals surface area contributed by atoms with Gasteiger partial charge < -0.3 is 10.0 Å². The van der Waals surface area contributed by atoms with Crippen LogP contribution in [0.15, 0.2) is 60.7 Å². The first-order valence-electron chi connectivity index (χ1n) is 9.76. The van der Waals surface area contributed by atoms with Gasteiger partial charge in [0.2, 0.25) is 0 Å². The molecule has 1 N–H and O–H groups in total. The molecule has 1 aliphatic heterocycles. The summed E-state index contributed by atoms with van der Waals surface area (Å²) in [5.41, 5.74) is 0.641. The lowest BCUT2D eigenvalue weighted by Crippen LogP contribution is -2.53. The van der Waals surface area contributed by atoms with E-state index in [4.69, 9.17) is 23.2 Å². The van der Waals surface area contributed by atoms with Gasteiger partial charge >= 0.3 is 0 Å². The van der Waals surface area contributed by atoms with E-state index >= 15 is 0 Å². The third-order valence-electron chi connectivity index (χ3n) is 5.41. The molecule has 1 saturated heterocycles. The van der Waals surface area contributed by atoms with Gasteiger partial charge in [0.25, 0.3) is 0 Å². The van der Waals surface area contributed by atoms with Crippen molar-refractivity contribution in [2.75, 3.05) is 19.6 Å². The molecule has 0 aromatic heterocycles. The number of allylic oxidation sites excluding steroid dienone is 1. The summed E-state index contributed by atoms with van der Waals surface area (Å²) in [6.07, 6.45) is 7.47. The summed E-state index contributed by atoms with van der Waals surface area (Å²) in [5.74, 6) is -0.607. The summed E-state index contributed by atoms with van der Waals surface area (Å²) in [5, 5.41) is 12.7. The molecule has 2 atom stereocenters. The third kappa shape index (κ3) is 6.44. The van der Waals surface area contributed by atoms with Crippen molar-refractivity contribution < 1.29 is 9.90 Å². The number of piperidine rings is 1. The molecule has 2 aromatic rings. The summed E-state index contributed by atoms with van der Waals surface area (Å²) in [6, 6.07) is 14.7. The fraction of sp³-hybridized carbons (Fsp3) is 0.292. The number of benzene rings is 2. The summed E-state index contributed by atoms with van der Waals surface area (Å²) in [4.78, 5) is 15.2. The van der Waals surface area contributed by atoms with Crippen LogP contribution in [0.25, 0.3) is 12.2 Å². The van der Waals surface area contributed by atoms with Crippen LogP contribution in [0.5, 0.6) is 0 Å². The summed E-state index contributed by atoms with van der Waals surface area (Å²) < 4.78 is 0. The summed E-state index contributed by atoms with van der Waals surface area (Å²) in [6.45, 7) is 4.20. The summed E-state index contributed by atoms with van der Waals surface area (Å²) in [7, 11) is 0. The zero-order valence-electron chi connectivity index (χ0n) is 16.8. The van der Waals surface area contributed by atoms with E-state index in [1.807, 2.05) is 42.5 Å². The van der Waals surface area contributed by atoms with E-state index in [9.17, 15) is 9.90 Å². The Morgan fingerprint density at radius 2 is 1.60 bits per heavy atom. The van der Waals surface area contributed by atoms with E-state index in [0.29, 0.717) is 23.0 Å². The van der Waals surface area contributed by atoms with Crippen LogP contribution >= 0.6 is 35.6 Å². The van der Waals surface area contributed by atoms with Gasteiger partial charge in [-0.25, -0.2) is 0 Å².